The van der Waals surface area contributed by atoms with Crippen LogP contribution in [0.3, 0.4) is 0 Å². The van der Waals surface area contributed by atoms with Crippen LogP contribution in [0.25, 0.3) is 0 Å². The van der Waals surface area contributed by atoms with E-state index in [2.05, 4.69) is 37.9 Å². The van der Waals surface area contributed by atoms with E-state index in [0.29, 0.717) is 4.99 Å². The van der Waals surface area contributed by atoms with Crippen LogP contribution in [-0.2, 0) is 6.54 Å². The predicted molar refractivity (Wildman–Crippen MR) is 91.1 cm³/mol. The van der Waals surface area contributed by atoms with Crippen molar-refractivity contribution in [1.82, 2.24) is 4.98 Å². The third kappa shape index (κ3) is 3.35. The van der Waals surface area contributed by atoms with Crippen molar-refractivity contribution in [2.24, 2.45) is 5.73 Å². The normalized spacial score (nSPS) is 10.3. The number of hydrogen-bond donors (Lipinski definition) is 1. The van der Waals surface area contributed by atoms with Gasteiger partial charge in [0.25, 0.3) is 0 Å². The van der Waals surface area contributed by atoms with Crippen molar-refractivity contribution >= 4 is 39.0 Å². The highest BCUT2D eigenvalue weighted by Gasteiger charge is 2.14. The Bertz CT molecular complexity index is 643. The fourth-order valence-corrected chi connectivity index (χ4v) is 2.82. The Hall–Kier alpha value is -1.46. The van der Waals surface area contributed by atoms with E-state index in [9.17, 15) is 0 Å². The molecule has 0 spiro atoms. The zero-order valence-corrected chi connectivity index (χ0v) is 13.8. The maximum atomic E-state index is 5.83. The van der Waals surface area contributed by atoms with Gasteiger partial charge in [0.2, 0.25) is 0 Å². The molecule has 0 bridgehead atoms. The second-order valence-electron chi connectivity index (χ2n) is 4.68. The van der Waals surface area contributed by atoms with E-state index in [1.54, 1.807) is 6.20 Å². The SMILES string of the molecule is Cc1ccnc(N(C)Cc2cccc(Br)c2)c1C(N)=S. The fourth-order valence-electron chi connectivity index (χ4n) is 2.12. The first kappa shape index (κ1) is 14.9. The number of halogens is 1. The number of rotatable bonds is 4. The quantitative estimate of drug-likeness (QED) is 0.858. The first-order valence-electron chi connectivity index (χ1n) is 6.20. The largest absolute Gasteiger partial charge is 0.389 e. The summed E-state index contributed by atoms with van der Waals surface area (Å²) >= 11 is 8.63. The van der Waals surface area contributed by atoms with E-state index >= 15 is 0 Å². The highest BCUT2D eigenvalue weighted by molar-refractivity contribution is 9.10. The van der Waals surface area contributed by atoms with Crippen LogP contribution < -0.4 is 10.6 Å². The lowest BCUT2D eigenvalue weighted by atomic mass is 10.1. The van der Waals surface area contributed by atoms with Crippen molar-refractivity contribution in [2.45, 2.75) is 13.5 Å². The van der Waals surface area contributed by atoms with Gasteiger partial charge in [-0.2, -0.15) is 0 Å². The van der Waals surface area contributed by atoms with E-state index in [0.717, 1.165) is 28.0 Å². The molecule has 2 aromatic rings. The van der Waals surface area contributed by atoms with Crippen LogP contribution in [0.2, 0.25) is 0 Å². The summed E-state index contributed by atoms with van der Waals surface area (Å²) in [4.78, 5) is 6.87. The van der Waals surface area contributed by atoms with Crippen LogP contribution in [-0.4, -0.2) is 17.0 Å². The topological polar surface area (TPSA) is 42.2 Å². The van der Waals surface area contributed by atoms with Gasteiger partial charge in [-0.25, -0.2) is 4.98 Å². The van der Waals surface area contributed by atoms with Crippen LogP contribution >= 0.6 is 28.1 Å². The molecule has 2 rings (SSSR count). The van der Waals surface area contributed by atoms with Gasteiger partial charge >= 0.3 is 0 Å². The molecule has 0 fully saturated rings. The summed E-state index contributed by atoms with van der Waals surface area (Å²) in [6.07, 6.45) is 1.78. The number of benzene rings is 1. The number of aromatic nitrogens is 1. The molecule has 0 unspecified atom stereocenters. The smallest absolute Gasteiger partial charge is 0.139 e. The van der Waals surface area contributed by atoms with Gasteiger partial charge in [-0.1, -0.05) is 40.3 Å². The van der Waals surface area contributed by atoms with Gasteiger partial charge in [-0.15, -0.1) is 0 Å². The van der Waals surface area contributed by atoms with Crippen LogP contribution in [0.15, 0.2) is 41.0 Å². The van der Waals surface area contributed by atoms with Crippen LogP contribution in [0.1, 0.15) is 16.7 Å². The predicted octanol–water partition coefficient (Wildman–Crippen LogP) is 3.42. The summed E-state index contributed by atoms with van der Waals surface area (Å²) in [6.45, 7) is 2.73. The maximum Gasteiger partial charge on any atom is 0.139 e. The van der Waals surface area contributed by atoms with E-state index in [1.165, 1.54) is 5.56 Å². The molecule has 0 saturated heterocycles. The zero-order valence-electron chi connectivity index (χ0n) is 11.4. The molecule has 104 valence electrons. The van der Waals surface area contributed by atoms with Crippen molar-refractivity contribution in [3.8, 4) is 0 Å². The van der Waals surface area contributed by atoms with E-state index < -0.39 is 0 Å². The molecule has 0 amide bonds. The molecule has 20 heavy (non-hydrogen) atoms. The summed E-state index contributed by atoms with van der Waals surface area (Å²) < 4.78 is 1.06. The van der Waals surface area contributed by atoms with Crippen molar-refractivity contribution in [3.05, 3.63) is 57.7 Å². The van der Waals surface area contributed by atoms with Crippen molar-refractivity contribution in [3.63, 3.8) is 0 Å². The number of thiocarbonyl (C=S) groups is 1. The Morgan fingerprint density at radius 2 is 2.15 bits per heavy atom. The molecular formula is C15H16BrN3S. The Balaban J connectivity index is 2.32. The summed E-state index contributed by atoms with van der Waals surface area (Å²) in [5, 5.41) is 0. The summed E-state index contributed by atoms with van der Waals surface area (Å²) in [5.74, 6) is 0.817. The minimum absolute atomic E-state index is 0.381. The molecule has 0 aliphatic carbocycles. The van der Waals surface area contributed by atoms with Gasteiger partial charge in [-0.3, -0.25) is 0 Å². The monoisotopic (exact) mass is 349 g/mol. The van der Waals surface area contributed by atoms with E-state index in [-0.39, 0.29) is 0 Å². The van der Waals surface area contributed by atoms with Crippen molar-refractivity contribution in [2.75, 3.05) is 11.9 Å². The Kier molecular flexibility index (Phi) is 4.73. The number of nitrogens with zero attached hydrogens (tertiary/aromatic N) is 2. The molecule has 2 N–H and O–H groups in total. The molecule has 0 radical (unpaired) electrons. The molecule has 0 aliphatic rings. The summed E-state index contributed by atoms with van der Waals surface area (Å²) in [7, 11) is 1.99. The summed E-state index contributed by atoms with van der Waals surface area (Å²) in [5.41, 5.74) is 8.91. The van der Waals surface area contributed by atoms with Gasteiger partial charge in [0.15, 0.2) is 0 Å². The number of aryl methyl sites for hydroxylation is 1. The second-order valence-corrected chi connectivity index (χ2v) is 6.03. The molecule has 0 aliphatic heterocycles. The lowest BCUT2D eigenvalue weighted by Crippen LogP contribution is -2.23. The Labute approximate surface area is 132 Å². The maximum absolute atomic E-state index is 5.83. The lowest BCUT2D eigenvalue weighted by molar-refractivity contribution is 0.894. The van der Waals surface area contributed by atoms with E-state index in [4.69, 9.17) is 18.0 Å². The molecule has 1 heterocycles. The van der Waals surface area contributed by atoms with Crippen molar-refractivity contribution < 1.29 is 0 Å². The zero-order chi connectivity index (χ0) is 14.7. The third-order valence-corrected chi connectivity index (χ3v) is 3.75. The molecule has 1 aromatic heterocycles. The van der Waals surface area contributed by atoms with Gasteiger partial charge in [0.1, 0.15) is 10.8 Å². The number of hydrogen-bond acceptors (Lipinski definition) is 3. The summed E-state index contributed by atoms with van der Waals surface area (Å²) in [6, 6.07) is 10.1. The highest BCUT2D eigenvalue weighted by Crippen LogP contribution is 2.22. The number of pyridine rings is 1. The average molecular weight is 350 g/mol. The van der Waals surface area contributed by atoms with Gasteiger partial charge in [0.05, 0.1) is 5.56 Å². The van der Waals surface area contributed by atoms with Crippen LogP contribution in [0, 0.1) is 6.92 Å². The molecular weight excluding hydrogens is 334 g/mol. The highest BCUT2D eigenvalue weighted by atomic mass is 79.9. The molecule has 3 nitrogen and oxygen atoms in total. The van der Waals surface area contributed by atoms with Gasteiger partial charge < -0.3 is 10.6 Å². The number of anilines is 1. The third-order valence-electron chi connectivity index (χ3n) is 3.06. The molecule has 0 atom stereocenters. The first-order valence-corrected chi connectivity index (χ1v) is 7.40. The molecule has 0 saturated carbocycles. The van der Waals surface area contributed by atoms with E-state index in [1.807, 2.05) is 32.2 Å². The first-order chi connectivity index (χ1) is 9.49. The standard InChI is InChI=1S/C15H16BrN3S/c1-10-6-7-18-15(13(10)14(17)20)19(2)9-11-4-3-5-12(16)8-11/h3-8H,9H2,1-2H3,(H2,17,20). The average Bonchev–Trinajstić information content (AvgIpc) is 2.37. The van der Waals surface area contributed by atoms with Crippen LogP contribution in [0.4, 0.5) is 5.82 Å². The second kappa shape index (κ2) is 6.33. The van der Waals surface area contributed by atoms with Gasteiger partial charge in [-0.05, 0) is 36.2 Å². The molecule has 5 heteroatoms. The minimum Gasteiger partial charge on any atom is -0.389 e. The van der Waals surface area contributed by atoms with Crippen molar-refractivity contribution in [1.29, 1.82) is 0 Å². The lowest BCUT2D eigenvalue weighted by Gasteiger charge is -2.22. The Morgan fingerprint density at radius 1 is 1.40 bits per heavy atom. The minimum atomic E-state index is 0.381. The van der Waals surface area contributed by atoms with Crippen LogP contribution in [0.5, 0.6) is 0 Å². The number of nitrogens with two attached hydrogens (primary N) is 1. The fraction of sp³-hybridized carbons (Fsp3) is 0.200. The molecule has 1 aromatic carbocycles. The van der Waals surface area contributed by atoms with Gasteiger partial charge in [0, 0.05) is 24.3 Å². The Morgan fingerprint density at radius 3 is 2.80 bits per heavy atom.